The Balaban J connectivity index is 1.63. The number of hydrogen-bond donors (Lipinski definition) is 1. The fourth-order valence-corrected chi connectivity index (χ4v) is 5.28. The summed E-state index contributed by atoms with van der Waals surface area (Å²) in [7, 11) is -3.97. The van der Waals surface area contributed by atoms with Crippen LogP contribution in [0.15, 0.2) is 47.4 Å². The lowest BCUT2D eigenvalue weighted by Gasteiger charge is -2.39. The Bertz CT molecular complexity index is 1070. The zero-order valence-electron chi connectivity index (χ0n) is 15.7. The Morgan fingerprint density at radius 1 is 1.17 bits per heavy atom. The fourth-order valence-electron chi connectivity index (χ4n) is 3.39. The van der Waals surface area contributed by atoms with E-state index in [9.17, 15) is 30.8 Å². The van der Waals surface area contributed by atoms with Crippen molar-refractivity contribution in [1.29, 1.82) is 0 Å². The quantitative estimate of drug-likeness (QED) is 0.643. The van der Waals surface area contributed by atoms with Crippen LogP contribution in [0.2, 0.25) is 5.02 Å². The lowest BCUT2D eigenvalue weighted by atomic mass is 9.78. The normalized spacial score (nSPS) is 20.3. The van der Waals surface area contributed by atoms with Crippen molar-refractivity contribution in [3.8, 4) is 0 Å². The van der Waals surface area contributed by atoms with Gasteiger partial charge in [0.25, 0.3) is 5.91 Å². The van der Waals surface area contributed by atoms with E-state index in [1.807, 2.05) is 0 Å². The van der Waals surface area contributed by atoms with Gasteiger partial charge >= 0.3 is 6.18 Å². The molecule has 1 aliphatic carbocycles. The zero-order chi connectivity index (χ0) is 22.3. The molecule has 0 unspecified atom stereocenters. The molecule has 1 aliphatic rings. The van der Waals surface area contributed by atoms with Gasteiger partial charge in [-0.15, -0.1) is 0 Å². The SMILES string of the molecule is C[C@H](C1CC(NC(=O)c2ccc(F)c(Cl)c2)C1)S(=O)(=O)c1cccc(C(F)(F)F)c1. The highest BCUT2D eigenvalue weighted by Gasteiger charge is 2.41. The van der Waals surface area contributed by atoms with Crippen molar-refractivity contribution in [1.82, 2.24) is 5.32 Å². The number of carbonyl (C=O) groups excluding carboxylic acids is 1. The van der Waals surface area contributed by atoms with Gasteiger partial charge in [0.05, 0.1) is 20.7 Å². The molecule has 3 rings (SSSR count). The molecule has 4 nitrogen and oxygen atoms in total. The Kier molecular flexibility index (Phi) is 6.15. The summed E-state index contributed by atoms with van der Waals surface area (Å²) in [6.45, 7) is 1.46. The van der Waals surface area contributed by atoms with Gasteiger partial charge in [-0.2, -0.15) is 13.2 Å². The molecule has 2 aromatic carbocycles. The fraction of sp³-hybridized carbons (Fsp3) is 0.350. The highest BCUT2D eigenvalue weighted by molar-refractivity contribution is 7.92. The Morgan fingerprint density at radius 2 is 1.83 bits per heavy atom. The predicted molar refractivity (Wildman–Crippen MR) is 103 cm³/mol. The molecule has 1 N–H and O–H groups in total. The summed E-state index contributed by atoms with van der Waals surface area (Å²) in [5.74, 6) is -1.43. The third-order valence-corrected chi connectivity index (χ3v) is 7.90. The molecule has 1 atom stereocenters. The van der Waals surface area contributed by atoms with E-state index in [0.717, 1.165) is 24.3 Å². The molecule has 162 valence electrons. The summed E-state index contributed by atoms with van der Waals surface area (Å²) in [5, 5.41) is 1.63. The van der Waals surface area contributed by atoms with E-state index in [2.05, 4.69) is 5.32 Å². The summed E-state index contributed by atoms with van der Waals surface area (Å²) in [6.07, 6.45) is -3.91. The summed E-state index contributed by atoms with van der Waals surface area (Å²) >= 11 is 5.66. The molecule has 0 radical (unpaired) electrons. The number of hydrogen-bond acceptors (Lipinski definition) is 3. The molecule has 0 spiro atoms. The first-order valence-electron chi connectivity index (χ1n) is 9.06. The van der Waals surface area contributed by atoms with Gasteiger partial charge in [0.15, 0.2) is 9.84 Å². The molecule has 0 aliphatic heterocycles. The second-order valence-corrected chi connectivity index (χ2v) is 10.0. The molecular formula is C20H18ClF4NO3S. The molecule has 10 heteroatoms. The van der Waals surface area contributed by atoms with E-state index in [1.54, 1.807) is 0 Å². The van der Waals surface area contributed by atoms with Gasteiger partial charge in [-0.1, -0.05) is 17.7 Å². The van der Waals surface area contributed by atoms with Crippen molar-refractivity contribution in [3.05, 3.63) is 64.4 Å². The minimum Gasteiger partial charge on any atom is -0.349 e. The van der Waals surface area contributed by atoms with Gasteiger partial charge in [0.2, 0.25) is 0 Å². The largest absolute Gasteiger partial charge is 0.416 e. The van der Waals surface area contributed by atoms with Gasteiger partial charge in [-0.3, -0.25) is 4.79 Å². The highest BCUT2D eigenvalue weighted by atomic mass is 35.5. The first-order chi connectivity index (χ1) is 13.9. The molecule has 1 fully saturated rings. The van der Waals surface area contributed by atoms with Crippen LogP contribution in [0.4, 0.5) is 17.6 Å². The number of nitrogens with one attached hydrogen (secondary N) is 1. The number of carbonyl (C=O) groups is 1. The molecule has 1 saturated carbocycles. The number of sulfone groups is 1. The average molecular weight is 464 g/mol. The second-order valence-electron chi connectivity index (χ2n) is 7.31. The van der Waals surface area contributed by atoms with E-state index in [1.165, 1.54) is 19.1 Å². The Hall–Kier alpha value is -2.13. The predicted octanol–water partition coefficient (Wildman–Crippen LogP) is 4.87. The minimum absolute atomic E-state index is 0.175. The van der Waals surface area contributed by atoms with Crippen molar-refractivity contribution >= 4 is 27.3 Å². The summed E-state index contributed by atoms with van der Waals surface area (Å²) < 4.78 is 77.4. The Morgan fingerprint density at radius 3 is 2.43 bits per heavy atom. The smallest absolute Gasteiger partial charge is 0.349 e. The van der Waals surface area contributed by atoms with Gasteiger partial charge in [0.1, 0.15) is 5.82 Å². The molecule has 0 saturated heterocycles. The van der Waals surface area contributed by atoms with E-state index < -0.39 is 38.6 Å². The average Bonchev–Trinajstić information content (AvgIpc) is 2.65. The maximum atomic E-state index is 13.2. The number of benzene rings is 2. The van der Waals surface area contributed by atoms with E-state index >= 15 is 0 Å². The molecule has 0 heterocycles. The van der Waals surface area contributed by atoms with Crippen LogP contribution in [-0.2, 0) is 16.0 Å². The maximum Gasteiger partial charge on any atom is 0.416 e. The van der Waals surface area contributed by atoms with Gasteiger partial charge in [0, 0.05) is 11.6 Å². The number of rotatable bonds is 5. The zero-order valence-corrected chi connectivity index (χ0v) is 17.3. The number of amides is 1. The van der Waals surface area contributed by atoms with E-state index in [0.29, 0.717) is 18.9 Å². The van der Waals surface area contributed by atoms with Crippen molar-refractivity contribution < 1.29 is 30.8 Å². The Labute approximate surface area is 176 Å². The molecule has 2 aromatic rings. The van der Waals surface area contributed by atoms with Crippen molar-refractivity contribution in [2.45, 2.75) is 42.1 Å². The van der Waals surface area contributed by atoms with Crippen LogP contribution in [0.5, 0.6) is 0 Å². The van der Waals surface area contributed by atoms with Gasteiger partial charge < -0.3 is 5.32 Å². The number of alkyl halides is 3. The van der Waals surface area contributed by atoms with Crippen LogP contribution in [0.3, 0.4) is 0 Å². The van der Waals surface area contributed by atoms with Crippen LogP contribution in [0.1, 0.15) is 35.7 Å². The van der Waals surface area contributed by atoms with E-state index in [4.69, 9.17) is 11.6 Å². The van der Waals surface area contributed by atoms with Crippen LogP contribution in [0, 0.1) is 11.7 Å². The maximum absolute atomic E-state index is 13.2. The molecule has 1 amide bonds. The standard InChI is InChI=1S/C20H18ClF4NO3S/c1-11(30(28,29)16-4-2-3-14(10-16)20(23,24)25)13-7-15(8-13)26-19(27)12-5-6-18(22)17(21)9-12/h2-6,9-11,13,15H,7-8H2,1H3,(H,26,27)/t11-,13?,15?/m1/s1. The monoisotopic (exact) mass is 463 g/mol. The molecule has 0 aromatic heterocycles. The molecule has 0 bridgehead atoms. The van der Waals surface area contributed by atoms with Crippen LogP contribution in [0.25, 0.3) is 0 Å². The lowest BCUT2D eigenvalue weighted by molar-refractivity contribution is -0.137. The van der Waals surface area contributed by atoms with Gasteiger partial charge in [-0.25, -0.2) is 12.8 Å². The van der Waals surface area contributed by atoms with E-state index in [-0.39, 0.29) is 27.4 Å². The minimum atomic E-state index is -4.64. The molecule has 30 heavy (non-hydrogen) atoms. The first kappa shape index (κ1) is 22.6. The van der Waals surface area contributed by atoms with Crippen LogP contribution < -0.4 is 5.32 Å². The van der Waals surface area contributed by atoms with Crippen molar-refractivity contribution in [2.24, 2.45) is 5.92 Å². The van der Waals surface area contributed by atoms with Crippen molar-refractivity contribution in [3.63, 3.8) is 0 Å². The highest BCUT2D eigenvalue weighted by Crippen LogP contribution is 2.37. The number of halogens is 5. The van der Waals surface area contributed by atoms with Crippen LogP contribution in [-0.4, -0.2) is 25.6 Å². The lowest BCUT2D eigenvalue weighted by Crippen LogP contribution is -2.48. The molecular weight excluding hydrogens is 446 g/mol. The topological polar surface area (TPSA) is 63.2 Å². The third-order valence-electron chi connectivity index (χ3n) is 5.33. The van der Waals surface area contributed by atoms with Crippen molar-refractivity contribution in [2.75, 3.05) is 0 Å². The third kappa shape index (κ3) is 4.62. The second kappa shape index (κ2) is 8.19. The van der Waals surface area contributed by atoms with Gasteiger partial charge in [-0.05, 0) is 62.1 Å². The summed E-state index contributed by atoms with van der Waals surface area (Å²) in [5.41, 5.74) is -0.845. The summed E-state index contributed by atoms with van der Waals surface area (Å²) in [4.78, 5) is 11.8. The summed E-state index contributed by atoms with van der Waals surface area (Å²) in [6, 6.07) is 6.95. The van der Waals surface area contributed by atoms with Crippen LogP contribution >= 0.6 is 11.6 Å². The first-order valence-corrected chi connectivity index (χ1v) is 11.0.